The van der Waals surface area contributed by atoms with Crippen molar-refractivity contribution in [3.8, 4) is 17.2 Å². The standard InChI is InChI=1S/C20H18ClN3O4/c1-26-15-5-6-16-13(9-15)8-14(19(21)23-16)11-22-24-20(25)12-4-7-17(27-2)18(10-12)28-3/h4-11H,1-3H3,(H,24,25)/b22-11-. The summed E-state index contributed by atoms with van der Waals surface area (Å²) in [5.74, 6) is 1.30. The maximum Gasteiger partial charge on any atom is 0.271 e. The van der Waals surface area contributed by atoms with Crippen LogP contribution < -0.4 is 19.6 Å². The van der Waals surface area contributed by atoms with Gasteiger partial charge in [-0.3, -0.25) is 4.79 Å². The van der Waals surface area contributed by atoms with Gasteiger partial charge in [-0.1, -0.05) is 11.6 Å². The van der Waals surface area contributed by atoms with Crippen molar-refractivity contribution in [2.75, 3.05) is 21.3 Å². The maximum atomic E-state index is 12.3. The molecule has 0 saturated carbocycles. The molecule has 2 aromatic carbocycles. The van der Waals surface area contributed by atoms with Crippen molar-refractivity contribution in [3.63, 3.8) is 0 Å². The molecule has 0 aliphatic carbocycles. The number of amides is 1. The van der Waals surface area contributed by atoms with Crippen molar-refractivity contribution >= 4 is 34.6 Å². The summed E-state index contributed by atoms with van der Waals surface area (Å²) >= 11 is 6.21. The van der Waals surface area contributed by atoms with Gasteiger partial charge in [0.05, 0.1) is 33.1 Å². The normalized spacial score (nSPS) is 10.9. The average Bonchev–Trinajstić information content (AvgIpc) is 2.73. The number of hydrogen-bond acceptors (Lipinski definition) is 6. The molecular formula is C20H18ClN3O4. The predicted octanol–water partition coefficient (Wildman–Crippen LogP) is 3.68. The summed E-state index contributed by atoms with van der Waals surface area (Å²) in [5, 5.41) is 5.10. The van der Waals surface area contributed by atoms with Crippen LogP contribution in [0.1, 0.15) is 15.9 Å². The van der Waals surface area contributed by atoms with Crippen LogP contribution in [0.2, 0.25) is 5.15 Å². The Labute approximate surface area is 166 Å². The highest BCUT2D eigenvalue weighted by molar-refractivity contribution is 6.32. The Balaban J connectivity index is 1.78. The van der Waals surface area contributed by atoms with Gasteiger partial charge in [0, 0.05) is 16.5 Å². The van der Waals surface area contributed by atoms with Gasteiger partial charge < -0.3 is 14.2 Å². The molecule has 0 fully saturated rings. The summed E-state index contributed by atoms with van der Waals surface area (Å²) in [6.07, 6.45) is 1.44. The van der Waals surface area contributed by atoms with Gasteiger partial charge in [0.25, 0.3) is 5.91 Å². The molecule has 28 heavy (non-hydrogen) atoms. The first kappa shape index (κ1) is 19.4. The second-order valence-corrected chi connectivity index (χ2v) is 6.05. The molecule has 0 spiro atoms. The number of aromatic nitrogens is 1. The van der Waals surface area contributed by atoms with E-state index in [1.165, 1.54) is 20.4 Å². The van der Waals surface area contributed by atoms with Crippen LogP contribution in [0.4, 0.5) is 0 Å². The fraction of sp³-hybridized carbons (Fsp3) is 0.150. The summed E-state index contributed by atoms with van der Waals surface area (Å²) in [7, 11) is 4.62. The van der Waals surface area contributed by atoms with Crippen molar-refractivity contribution in [3.05, 3.63) is 58.7 Å². The number of hydrazone groups is 1. The van der Waals surface area contributed by atoms with E-state index in [1.807, 2.05) is 24.3 Å². The van der Waals surface area contributed by atoms with Gasteiger partial charge in [-0.15, -0.1) is 0 Å². The van der Waals surface area contributed by atoms with Gasteiger partial charge in [-0.05, 0) is 42.5 Å². The van der Waals surface area contributed by atoms with Crippen LogP contribution in [0.15, 0.2) is 47.6 Å². The second kappa shape index (κ2) is 8.58. The molecule has 0 radical (unpaired) electrons. The molecule has 0 saturated heterocycles. The Kier molecular flexibility index (Phi) is 5.96. The molecule has 144 valence electrons. The van der Waals surface area contributed by atoms with E-state index in [0.29, 0.717) is 28.4 Å². The molecule has 1 aromatic heterocycles. The Morgan fingerprint density at radius 1 is 1.04 bits per heavy atom. The third-order valence-corrected chi connectivity index (χ3v) is 4.32. The molecule has 0 unspecified atom stereocenters. The van der Waals surface area contributed by atoms with Gasteiger partial charge >= 0.3 is 0 Å². The molecule has 8 heteroatoms. The second-order valence-electron chi connectivity index (χ2n) is 5.70. The average molecular weight is 400 g/mol. The van der Waals surface area contributed by atoms with Crippen LogP contribution in [-0.4, -0.2) is 38.4 Å². The minimum atomic E-state index is -0.399. The number of nitrogens with one attached hydrogen (secondary N) is 1. The molecule has 0 aliphatic heterocycles. The Morgan fingerprint density at radius 3 is 2.54 bits per heavy atom. The molecule has 1 heterocycles. The topological polar surface area (TPSA) is 82.0 Å². The van der Waals surface area contributed by atoms with Crippen molar-refractivity contribution in [2.24, 2.45) is 5.10 Å². The molecule has 3 rings (SSSR count). The van der Waals surface area contributed by atoms with E-state index in [1.54, 1.807) is 25.3 Å². The number of benzene rings is 2. The van der Waals surface area contributed by atoms with Crippen LogP contribution in [0.3, 0.4) is 0 Å². The number of ether oxygens (including phenoxy) is 3. The highest BCUT2D eigenvalue weighted by atomic mass is 35.5. The van der Waals surface area contributed by atoms with Crippen LogP contribution >= 0.6 is 11.6 Å². The number of rotatable bonds is 6. The van der Waals surface area contributed by atoms with E-state index >= 15 is 0 Å². The lowest BCUT2D eigenvalue weighted by molar-refractivity contribution is 0.0954. The zero-order chi connectivity index (χ0) is 20.1. The van der Waals surface area contributed by atoms with E-state index in [0.717, 1.165) is 10.9 Å². The SMILES string of the molecule is COc1ccc2nc(Cl)c(/C=N\NC(=O)c3ccc(OC)c(OC)c3)cc2c1. The number of methoxy groups -OCH3 is 3. The molecule has 3 aromatic rings. The van der Waals surface area contributed by atoms with Crippen LogP contribution in [0.25, 0.3) is 10.9 Å². The number of hydrogen-bond donors (Lipinski definition) is 1. The molecule has 0 bridgehead atoms. The van der Waals surface area contributed by atoms with E-state index in [2.05, 4.69) is 15.5 Å². The quantitative estimate of drug-likeness (QED) is 0.388. The number of halogens is 1. The maximum absolute atomic E-state index is 12.3. The van der Waals surface area contributed by atoms with Crippen LogP contribution in [0, 0.1) is 0 Å². The summed E-state index contributed by atoms with van der Waals surface area (Å²) < 4.78 is 15.6. The third-order valence-electron chi connectivity index (χ3n) is 4.02. The fourth-order valence-electron chi connectivity index (χ4n) is 2.57. The molecule has 7 nitrogen and oxygen atoms in total. The number of fused-ring (bicyclic) bond motifs is 1. The first-order valence-electron chi connectivity index (χ1n) is 8.25. The summed E-state index contributed by atoms with van der Waals surface area (Å²) in [5.41, 5.74) is 4.13. The highest BCUT2D eigenvalue weighted by Gasteiger charge is 2.10. The number of carbonyl (C=O) groups is 1. The third kappa shape index (κ3) is 4.15. The van der Waals surface area contributed by atoms with Crippen molar-refractivity contribution in [1.29, 1.82) is 0 Å². The summed E-state index contributed by atoms with van der Waals surface area (Å²) in [4.78, 5) is 16.6. The zero-order valence-corrected chi connectivity index (χ0v) is 16.3. The lowest BCUT2D eigenvalue weighted by Gasteiger charge is -2.08. The van der Waals surface area contributed by atoms with Crippen molar-refractivity contribution in [2.45, 2.75) is 0 Å². The van der Waals surface area contributed by atoms with E-state index in [-0.39, 0.29) is 5.15 Å². The summed E-state index contributed by atoms with van der Waals surface area (Å²) in [6, 6.07) is 12.1. The van der Waals surface area contributed by atoms with E-state index in [4.69, 9.17) is 25.8 Å². The van der Waals surface area contributed by atoms with Gasteiger partial charge in [0.1, 0.15) is 10.9 Å². The van der Waals surface area contributed by atoms with Gasteiger partial charge in [0.15, 0.2) is 11.5 Å². The number of carbonyl (C=O) groups excluding carboxylic acids is 1. The Morgan fingerprint density at radius 2 is 1.82 bits per heavy atom. The first-order chi connectivity index (χ1) is 13.5. The lowest BCUT2D eigenvalue weighted by atomic mass is 10.1. The van der Waals surface area contributed by atoms with Crippen LogP contribution in [0.5, 0.6) is 17.2 Å². The van der Waals surface area contributed by atoms with E-state index in [9.17, 15) is 4.79 Å². The fourth-order valence-corrected chi connectivity index (χ4v) is 2.76. The molecule has 1 amide bonds. The molecule has 0 atom stereocenters. The van der Waals surface area contributed by atoms with E-state index < -0.39 is 5.91 Å². The smallest absolute Gasteiger partial charge is 0.271 e. The lowest BCUT2D eigenvalue weighted by Crippen LogP contribution is -2.17. The monoisotopic (exact) mass is 399 g/mol. The highest BCUT2D eigenvalue weighted by Crippen LogP contribution is 2.27. The van der Waals surface area contributed by atoms with Gasteiger partial charge in [-0.25, -0.2) is 10.4 Å². The first-order valence-corrected chi connectivity index (χ1v) is 8.63. The predicted molar refractivity (Wildman–Crippen MR) is 108 cm³/mol. The number of pyridine rings is 1. The molecule has 1 N–H and O–H groups in total. The van der Waals surface area contributed by atoms with Gasteiger partial charge in [-0.2, -0.15) is 5.10 Å². The molecular weight excluding hydrogens is 382 g/mol. The minimum absolute atomic E-state index is 0.279. The zero-order valence-electron chi connectivity index (χ0n) is 15.5. The van der Waals surface area contributed by atoms with Gasteiger partial charge in [0.2, 0.25) is 0 Å². The minimum Gasteiger partial charge on any atom is -0.497 e. The largest absolute Gasteiger partial charge is 0.497 e. The Hall–Kier alpha value is -3.32. The Bertz CT molecular complexity index is 1050. The molecule has 0 aliphatic rings. The number of nitrogens with zero attached hydrogens (tertiary/aromatic N) is 2. The van der Waals surface area contributed by atoms with Crippen molar-refractivity contribution in [1.82, 2.24) is 10.4 Å². The summed E-state index contributed by atoms with van der Waals surface area (Å²) in [6.45, 7) is 0. The van der Waals surface area contributed by atoms with Crippen LogP contribution in [-0.2, 0) is 0 Å². The van der Waals surface area contributed by atoms with Crippen molar-refractivity contribution < 1.29 is 19.0 Å².